The van der Waals surface area contributed by atoms with Gasteiger partial charge in [0.05, 0.1) is 5.56 Å². The highest BCUT2D eigenvalue weighted by molar-refractivity contribution is 5.65. The Morgan fingerprint density at radius 1 is 0.938 bits per heavy atom. The van der Waals surface area contributed by atoms with E-state index in [1.54, 1.807) is 0 Å². The lowest BCUT2D eigenvalue weighted by molar-refractivity contribution is -0.660. The van der Waals surface area contributed by atoms with E-state index in [0.717, 1.165) is 0 Å². The van der Waals surface area contributed by atoms with Crippen molar-refractivity contribution in [3.05, 3.63) is 53.2 Å². The van der Waals surface area contributed by atoms with E-state index in [-0.39, 0.29) is 0 Å². The van der Waals surface area contributed by atoms with Gasteiger partial charge in [0.2, 0.25) is 5.69 Å². The van der Waals surface area contributed by atoms with Gasteiger partial charge in [-0.3, -0.25) is 0 Å². The fourth-order valence-electron chi connectivity index (χ4n) is 2.14. The molecule has 1 heteroatoms. The summed E-state index contributed by atoms with van der Waals surface area (Å²) in [5, 5.41) is 0. The minimum absolute atomic E-state index is 1.29. The zero-order chi connectivity index (χ0) is 11.7. The van der Waals surface area contributed by atoms with E-state index < -0.39 is 0 Å². The largest absolute Gasteiger partial charge is 0.213 e. The number of hydrogen-bond acceptors (Lipinski definition) is 0. The fourth-order valence-corrected chi connectivity index (χ4v) is 2.14. The molecule has 0 radical (unpaired) electrons. The second kappa shape index (κ2) is 4.09. The fraction of sp³-hybridized carbons (Fsp3) is 0.267. The van der Waals surface area contributed by atoms with Crippen LogP contribution in [-0.4, -0.2) is 0 Å². The number of aromatic nitrogens is 1. The summed E-state index contributed by atoms with van der Waals surface area (Å²) in [5.41, 5.74) is 6.61. The molecule has 1 aromatic heterocycles. The lowest BCUT2D eigenvalue weighted by atomic mass is 9.98. The molecule has 2 aromatic rings. The number of hydrogen-bond donors (Lipinski definition) is 0. The van der Waals surface area contributed by atoms with E-state index in [1.165, 1.54) is 27.9 Å². The minimum Gasteiger partial charge on any atom is -0.201 e. The molecule has 0 aliphatic heterocycles. The van der Waals surface area contributed by atoms with Gasteiger partial charge >= 0.3 is 0 Å². The molecule has 1 nitrogen and oxygen atoms in total. The maximum Gasteiger partial charge on any atom is 0.213 e. The van der Waals surface area contributed by atoms with Gasteiger partial charge in [-0.25, -0.2) is 4.57 Å². The van der Waals surface area contributed by atoms with E-state index in [1.807, 2.05) is 0 Å². The number of nitrogens with zero attached hydrogens (tertiary/aromatic N) is 1. The Morgan fingerprint density at radius 2 is 1.56 bits per heavy atom. The molecule has 0 fully saturated rings. The molecule has 0 aliphatic carbocycles. The van der Waals surface area contributed by atoms with Crippen LogP contribution in [0.5, 0.6) is 0 Å². The topological polar surface area (TPSA) is 3.88 Å². The van der Waals surface area contributed by atoms with Crippen molar-refractivity contribution < 1.29 is 4.57 Å². The van der Waals surface area contributed by atoms with Crippen molar-refractivity contribution in [2.75, 3.05) is 0 Å². The Balaban J connectivity index is 2.72. The number of rotatable bonds is 1. The van der Waals surface area contributed by atoms with Crippen LogP contribution in [0.15, 0.2) is 36.5 Å². The molecule has 82 valence electrons. The van der Waals surface area contributed by atoms with Crippen LogP contribution in [0.3, 0.4) is 0 Å². The first-order chi connectivity index (χ1) is 7.59. The van der Waals surface area contributed by atoms with Crippen molar-refractivity contribution in [2.24, 2.45) is 7.05 Å². The van der Waals surface area contributed by atoms with Gasteiger partial charge in [-0.2, -0.15) is 0 Å². The molecule has 0 amide bonds. The van der Waals surface area contributed by atoms with Crippen molar-refractivity contribution in [3.8, 4) is 11.3 Å². The number of pyridine rings is 1. The first kappa shape index (κ1) is 10.9. The maximum absolute atomic E-state index is 2.25. The molecule has 0 N–H and O–H groups in total. The minimum atomic E-state index is 1.29. The van der Waals surface area contributed by atoms with Crippen LogP contribution in [0, 0.1) is 20.8 Å². The maximum atomic E-state index is 2.25. The third-order valence-electron chi connectivity index (χ3n) is 3.04. The zero-order valence-electron chi connectivity index (χ0n) is 10.4. The van der Waals surface area contributed by atoms with Gasteiger partial charge < -0.3 is 0 Å². The molecule has 0 atom stereocenters. The lowest BCUT2D eigenvalue weighted by Crippen LogP contribution is -2.30. The molecule has 1 aromatic carbocycles. The van der Waals surface area contributed by atoms with Crippen LogP contribution in [0.2, 0.25) is 0 Å². The summed E-state index contributed by atoms with van der Waals surface area (Å²) in [6, 6.07) is 10.8. The SMILES string of the molecule is Cc1cc[n+](C)c(-c2c(C)cccc2C)c1. The van der Waals surface area contributed by atoms with Gasteiger partial charge in [0.25, 0.3) is 0 Å². The van der Waals surface area contributed by atoms with Gasteiger partial charge in [-0.15, -0.1) is 0 Å². The standard InChI is InChI=1S/C15H18N/c1-11-8-9-16(4)14(10-11)15-12(2)6-5-7-13(15)3/h5-10H,1-4H3/q+1. The highest BCUT2D eigenvalue weighted by Gasteiger charge is 2.14. The van der Waals surface area contributed by atoms with E-state index in [4.69, 9.17) is 0 Å². The average molecular weight is 212 g/mol. The van der Waals surface area contributed by atoms with E-state index >= 15 is 0 Å². The molecule has 2 rings (SSSR count). The average Bonchev–Trinajstić information content (AvgIpc) is 2.23. The molecule has 1 heterocycles. The Bertz CT molecular complexity index is 507. The molecular weight excluding hydrogens is 194 g/mol. The van der Waals surface area contributed by atoms with Crippen molar-refractivity contribution >= 4 is 0 Å². The summed E-state index contributed by atoms with van der Waals surface area (Å²) >= 11 is 0. The van der Waals surface area contributed by atoms with Crippen molar-refractivity contribution in [1.82, 2.24) is 0 Å². The van der Waals surface area contributed by atoms with Crippen LogP contribution >= 0.6 is 0 Å². The molecule has 0 bridgehead atoms. The predicted molar refractivity (Wildman–Crippen MR) is 67.3 cm³/mol. The molecule has 16 heavy (non-hydrogen) atoms. The molecule has 0 saturated heterocycles. The second-order valence-corrected chi connectivity index (χ2v) is 4.47. The summed E-state index contributed by atoms with van der Waals surface area (Å²) < 4.78 is 2.18. The molecule has 0 aliphatic rings. The normalized spacial score (nSPS) is 10.5. The van der Waals surface area contributed by atoms with Gasteiger partial charge in [0.15, 0.2) is 6.20 Å². The van der Waals surface area contributed by atoms with Crippen molar-refractivity contribution in [2.45, 2.75) is 20.8 Å². The lowest BCUT2D eigenvalue weighted by Gasteiger charge is -2.08. The Kier molecular flexibility index (Phi) is 2.78. The summed E-state index contributed by atoms with van der Waals surface area (Å²) in [6.07, 6.45) is 2.12. The van der Waals surface area contributed by atoms with E-state index in [2.05, 4.69) is 68.9 Å². The highest BCUT2D eigenvalue weighted by Crippen LogP contribution is 2.24. The second-order valence-electron chi connectivity index (χ2n) is 4.47. The van der Waals surface area contributed by atoms with Crippen molar-refractivity contribution in [1.29, 1.82) is 0 Å². The molecule has 0 spiro atoms. The van der Waals surface area contributed by atoms with Crippen LogP contribution < -0.4 is 4.57 Å². The van der Waals surface area contributed by atoms with Gasteiger partial charge in [0.1, 0.15) is 7.05 Å². The van der Waals surface area contributed by atoms with Gasteiger partial charge in [-0.1, -0.05) is 18.2 Å². The monoisotopic (exact) mass is 212 g/mol. The summed E-state index contributed by atoms with van der Waals surface area (Å²) in [6.45, 7) is 6.48. The predicted octanol–water partition coefficient (Wildman–Crippen LogP) is 3.10. The third kappa shape index (κ3) is 1.85. The van der Waals surface area contributed by atoms with Crippen LogP contribution in [0.1, 0.15) is 16.7 Å². The van der Waals surface area contributed by atoms with Crippen LogP contribution in [-0.2, 0) is 7.05 Å². The van der Waals surface area contributed by atoms with Crippen LogP contribution in [0.25, 0.3) is 11.3 Å². The summed E-state index contributed by atoms with van der Waals surface area (Å²) in [7, 11) is 2.10. The third-order valence-corrected chi connectivity index (χ3v) is 3.04. The van der Waals surface area contributed by atoms with Crippen molar-refractivity contribution in [3.63, 3.8) is 0 Å². The molecule has 0 saturated carbocycles. The summed E-state index contributed by atoms with van der Waals surface area (Å²) in [5.74, 6) is 0. The number of benzene rings is 1. The summed E-state index contributed by atoms with van der Waals surface area (Å²) in [4.78, 5) is 0. The molecular formula is C15H18N+. The molecule has 0 unspecified atom stereocenters. The van der Waals surface area contributed by atoms with Gasteiger partial charge in [-0.05, 0) is 37.5 Å². The van der Waals surface area contributed by atoms with E-state index in [9.17, 15) is 0 Å². The zero-order valence-corrected chi connectivity index (χ0v) is 10.4. The first-order valence-corrected chi connectivity index (χ1v) is 5.62. The Hall–Kier alpha value is -1.63. The van der Waals surface area contributed by atoms with E-state index in [0.29, 0.717) is 0 Å². The Labute approximate surface area is 97.4 Å². The highest BCUT2D eigenvalue weighted by atomic mass is 14.9. The quantitative estimate of drug-likeness (QED) is 0.639. The Morgan fingerprint density at radius 3 is 2.19 bits per heavy atom. The van der Waals surface area contributed by atoms with Gasteiger partial charge in [0, 0.05) is 12.1 Å². The van der Waals surface area contributed by atoms with Crippen LogP contribution in [0.4, 0.5) is 0 Å². The number of aryl methyl sites for hydroxylation is 4. The first-order valence-electron chi connectivity index (χ1n) is 5.62. The smallest absolute Gasteiger partial charge is 0.201 e.